The summed E-state index contributed by atoms with van der Waals surface area (Å²) in [5.74, 6) is 0.0529. The molecule has 20 heavy (non-hydrogen) atoms. The molecule has 1 unspecified atom stereocenters. The maximum atomic E-state index is 11.3. The van der Waals surface area contributed by atoms with Gasteiger partial charge >= 0.3 is 5.97 Å². The molecule has 2 aromatic heterocycles. The van der Waals surface area contributed by atoms with Crippen molar-refractivity contribution in [2.75, 3.05) is 24.2 Å². The summed E-state index contributed by atoms with van der Waals surface area (Å²) in [4.78, 5) is 26.3. The molecule has 1 saturated heterocycles. The van der Waals surface area contributed by atoms with E-state index in [9.17, 15) is 9.90 Å². The van der Waals surface area contributed by atoms with Gasteiger partial charge in [-0.15, -0.1) is 11.3 Å². The molecule has 6 nitrogen and oxygen atoms in total. The Morgan fingerprint density at radius 1 is 1.55 bits per heavy atom. The molecule has 0 spiro atoms. The number of anilines is 1. The largest absolute Gasteiger partial charge is 0.481 e. The van der Waals surface area contributed by atoms with Gasteiger partial charge < -0.3 is 10.0 Å². The van der Waals surface area contributed by atoms with E-state index in [0.717, 1.165) is 14.9 Å². The van der Waals surface area contributed by atoms with E-state index in [1.54, 1.807) is 30.0 Å². The van der Waals surface area contributed by atoms with E-state index in [1.165, 1.54) is 6.33 Å². The van der Waals surface area contributed by atoms with E-state index in [2.05, 4.69) is 15.0 Å². The lowest BCUT2D eigenvalue weighted by Crippen LogP contribution is -2.32. The number of thioether (sulfide) groups is 1. The highest BCUT2D eigenvalue weighted by Gasteiger charge is 2.41. The maximum Gasteiger partial charge on any atom is 0.311 e. The van der Waals surface area contributed by atoms with Crippen LogP contribution in [-0.4, -0.2) is 45.4 Å². The van der Waals surface area contributed by atoms with Crippen molar-refractivity contribution < 1.29 is 9.90 Å². The van der Waals surface area contributed by atoms with Gasteiger partial charge in [-0.2, -0.15) is 0 Å². The highest BCUT2D eigenvalue weighted by Crippen LogP contribution is 2.38. The van der Waals surface area contributed by atoms with Crippen LogP contribution in [0.3, 0.4) is 0 Å². The molecule has 1 aliphatic rings. The highest BCUT2D eigenvalue weighted by atomic mass is 32.2. The lowest BCUT2D eigenvalue weighted by atomic mass is 9.90. The first-order valence-corrected chi connectivity index (χ1v) is 8.21. The van der Waals surface area contributed by atoms with Crippen molar-refractivity contribution in [1.29, 1.82) is 0 Å². The van der Waals surface area contributed by atoms with Gasteiger partial charge in [-0.3, -0.25) is 4.79 Å². The zero-order valence-electron chi connectivity index (χ0n) is 11.2. The van der Waals surface area contributed by atoms with Crippen LogP contribution in [0.25, 0.3) is 10.3 Å². The zero-order chi connectivity index (χ0) is 14.3. The number of thiazole rings is 1. The number of aromatic nitrogens is 3. The predicted octanol–water partition coefficient (Wildman–Crippen LogP) is 2.11. The second-order valence-electron chi connectivity index (χ2n) is 5.07. The van der Waals surface area contributed by atoms with Gasteiger partial charge in [-0.05, 0) is 19.6 Å². The number of nitrogens with zero attached hydrogens (tertiary/aromatic N) is 4. The van der Waals surface area contributed by atoms with Crippen LogP contribution in [0.1, 0.15) is 13.3 Å². The summed E-state index contributed by atoms with van der Waals surface area (Å²) < 4.78 is 1.88. The standard InChI is InChI=1S/C12H14N4O2S2/c1-12(10(17)18)3-4-16(5-12)9-7-8(13-6-14-9)15-11(19-2)20-7/h6H,3-5H2,1-2H3,(H,17,18). The van der Waals surface area contributed by atoms with E-state index in [0.29, 0.717) is 25.2 Å². The Kier molecular flexibility index (Phi) is 3.29. The first-order chi connectivity index (χ1) is 9.53. The Morgan fingerprint density at radius 2 is 2.35 bits per heavy atom. The lowest BCUT2D eigenvalue weighted by molar-refractivity contribution is -0.146. The lowest BCUT2D eigenvalue weighted by Gasteiger charge is -2.20. The van der Waals surface area contributed by atoms with Crippen molar-refractivity contribution in [2.45, 2.75) is 17.7 Å². The molecule has 1 aliphatic heterocycles. The van der Waals surface area contributed by atoms with Crippen LogP contribution in [0, 0.1) is 5.41 Å². The number of carbonyl (C=O) groups is 1. The average molecular weight is 310 g/mol. The first kappa shape index (κ1) is 13.6. The van der Waals surface area contributed by atoms with Gasteiger partial charge in [-0.1, -0.05) is 11.8 Å². The summed E-state index contributed by atoms with van der Waals surface area (Å²) >= 11 is 3.13. The number of hydrogen-bond donors (Lipinski definition) is 1. The van der Waals surface area contributed by atoms with Crippen molar-refractivity contribution in [3.05, 3.63) is 6.33 Å². The van der Waals surface area contributed by atoms with E-state index in [4.69, 9.17) is 0 Å². The molecule has 0 saturated carbocycles. The number of fused-ring (bicyclic) bond motifs is 1. The fourth-order valence-electron chi connectivity index (χ4n) is 2.35. The molecule has 0 bridgehead atoms. The minimum absolute atomic E-state index is 0.473. The molecule has 0 aliphatic carbocycles. The van der Waals surface area contributed by atoms with Crippen LogP contribution >= 0.6 is 23.1 Å². The smallest absolute Gasteiger partial charge is 0.311 e. The van der Waals surface area contributed by atoms with E-state index in [1.807, 2.05) is 11.2 Å². The summed E-state index contributed by atoms with van der Waals surface area (Å²) in [6.45, 7) is 2.95. The second-order valence-corrected chi connectivity index (χ2v) is 7.12. The normalized spacial score (nSPS) is 22.6. The van der Waals surface area contributed by atoms with Gasteiger partial charge in [0.15, 0.2) is 15.8 Å². The van der Waals surface area contributed by atoms with Crippen molar-refractivity contribution >= 4 is 45.2 Å². The van der Waals surface area contributed by atoms with E-state index < -0.39 is 11.4 Å². The molecule has 0 aromatic carbocycles. The van der Waals surface area contributed by atoms with Gasteiger partial charge in [0.2, 0.25) is 0 Å². The summed E-state index contributed by atoms with van der Waals surface area (Å²) in [6.07, 6.45) is 4.10. The van der Waals surface area contributed by atoms with Gasteiger partial charge in [-0.25, -0.2) is 15.0 Å². The Balaban J connectivity index is 1.99. The Bertz CT molecular complexity index is 675. The third-order valence-electron chi connectivity index (χ3n) is 3.62. The molecule has 1 fully saturated rings. The van der Waals surface area contributed by atoms with Gasteiger partial charge in [0, 0.05) is 13.1 Å². The van der Waals surface area contributed by atoms with Crippen molar-refractivity contribution in [3.8, 4) is 0 Å². The van der Waals surface area contributed by atoms with E-state index in [-0.39, 0.29) is 0 Å². The molecule has 0 amide bonds. The Hall–Kier alpha value is -1.41. The summed E-state index contributed by atoms with van der Waals surface area (Å²) in [5, 5.41) is 9.32. The molecular formula is C12H14N4O2S2. The van der Waals surface area contributed by atoms with Gasteiger partial charge in [0.05, 0.1) is 5.41 Å². The van der Waals surface area contributed by atoms with Crippen molar-refractivity contribution in [3.63, 3.8) is 0 Å². The molecule has 1 atom stereocenters. The van der Waals surface area contributed by atoms with Gasteiger partial charge in [0.1, 0.15) is 11.0 Å². The SMILES string of the molecule is CSc1nc2ncnc(N3CCC(C)(C(=O)O)C3)c2s1. The molecule has 106 valence electrons. The fraction of sp³-hybridized carbons (Fsp3) is 0.500. The number of carboxylic acid groups (broad SMARTS) is 1. The number of carboxylic acids is 1. The third kappa shape index (κ3) is 2.12. The molecule has 3 heterocycles. The molecule has 2 aromatic rings. The van der Waals surface area contributed by atoms with Crippen LogP contribution in [0.15, 0.2) is 10.7 Å². The van der Waals surface area contributed by atoms with E-state index >= 15 is 0 Å². The van der Waals surface area contributed by atoms with Crippen LogP contribution in [0.4, 0.5) is 5.82 Å². The summed E-state index contributed by atoms with van der Waals surface area (Å²) in [7, 11) is 0. The summed E-state index contributed by atoms with van der Waals surface area (Å²) in [6, 6.07) is 0. The summed E-state index contributed by atoms with van der Waals surface area (Å²) in [5.41, 5.74) is -0.0158. The molecule has 3 rings (SSSR count). The Labute approximate surface area is 124 Å². The Morgan fingerprint density at radius 3 is 3.00 bits per heavy atom. The average Bonchev–Trinajstić information content (AvgIpc) is 3.02. The van der Waals surface area contributed by atoms with Crippen LogP contribution < -0.4 is 4.90 Å². The van der Waals surface area contributed by atoms with Crippen molar-refractivity contribution in [2.24, 2.45) is 5.41 Å². The minimum atomic E-state index is -0.751. The minimum Gasteiger partial charge on any atom is -0.481 e. The molecule has 1 N–H and O–H groups in total. The molecular weight excluding hydrogens is 296 g/mol. The third-order valence-corrected chi connectivity index (χ3v) is 5.64. The number of rotatable bonds is 3. The monoisotopic (exact) mass is 310 g/mol. The first-order valence-electron chi connectivity index (χ1n) is 6.17. The number of hydrogen-bond acceptors (Lipinski definition) is 7. The van der Waals surface area contributed by atoms with Crippen molar-refractivity contribution in [1.82, 2.24) is 15.0 Å². The predicted molar refractivity (Wildman–Crippen MR) is 79.6 cm³/mol. The van der Waals surface area contributed by atoms with Crippen LogP contribution in [-0.2, 0) is 4.79 Å². The fourth-order valence-corrected chi connectivity index (χ4v) is 3.88. The molecule has 0 radical (unpaired) electrons. The zero-order valence-corrected chi connectivity index (χ0v) is 12.8. The quantitative estimate of drug-likeness (QED) is 0.870. The molecule has 8 heteroatoms. The number of aliphatic carboxylic acids is 1. The van der Waals surface area contributed by atoms with Crippen LogP contribution in [0.2, 0.25) is 0 Å². The maximum absolute atomic E-state index is 11.3. The topological polar surface area (TPSA) is 79.2 Å². The van der Waals surface area contributed by atoms with Gasteiger partial charge in [0.25, 0.3) is 0 Å². The highest BCUT2D eigenvalue weighted by molar-refractivity contribution is 8.00. The second kappa shape index (κ2) is 4.85. The van der Waals surface area contributed by atoms with Crippen LogP contribution in [0.5, 0.6) is 0 Å².